The van der Waals surface area contributed by atoms with E-state index in [1.807, 2.05) is 18.2 Å². The Morgan fingerprint density at radius 1 is 1.07 bits per heavy atom. The first-order valence-electron chi connectivity index (χ1n) is 15.0. The number of fused-ring (bicyclic) bond motifs is 3. The summed E-state index contributed by atoms with van der Waals surface area (Å²) in [4.78, 5) is 43.4. The first-order chi connectivity index (χ1) is 20.9. The topological polar surface area (TPSA) is 177 Å². The molecule has 4 aliphatic rings. The van der Waals surface area contributed by atoms with Crippen molar-refractivity contribution in [1.29, 1.82) is 0 Å². The van der Waals surface area contributed by atoms with Crippen molar-refractivity contribution in [2.24, 2.45) is 17.6 Å². The van der Waals surface area contributed by atoms with Crippen molar-refractivity contribution in [3.05, 3.63) is 76.1 Å². The van der Waals surface area contributed by atoms with Gasteiger partial charge in [-0.15, -0.1) is 0 Å². The Hall–Kier alpha value is -4.19. The molecular weight excluding hydrogens is 564 g/mol. The fourth-order valence-electron chi connectivity index (χ4n) is 7.68. The minimum absolute atomic E-state index is 0.0543. The zero-order valence-corrected chi connectivity index (χ0v) is 24.8. The number of amides is 1. The number of nitrogens with zero attached hydrogens (tertiary/aromatic N) is 2. The van der Waals surface area contributed by atoms with Gasteiger partial charge in [0.1, 0.15) is 22.8 Å². The van der Waals surface area contributed by atoms with Crippen LogP contribution in [-0.4, -0.2) is 92.6 Å². The molecule has 11 heteroatoms. The van der Waals surface area contributed by atoms with Gasteiger partial charge in [0, 0.05) is 42.9 Å². The van der Waals surface area contributed by atoms with Crippen LogP contribution in [0, 0.1) is 11.8 Å². The summed E-state index contributed by atoms with van der Waals surface area (Å²) in [7, 11) is 3.16. The maximum absolute atomic E-state index is 14.0. The molecule has 2 aromatic carbocycles. The van der Waals surface area contributed by atoms with E-state index in [9.17, 15) is 34.8 Å². The molecule has 0 bridgehead atoms. The highest BCUT2D eigenvalue weighted by molar-refractivity contribution is 6.24. The number of piperidine rings is 1. The molecule has 232 valence electrons. The Morgan fingerprint density at radius 2 is 1.75 bits per heavy atom. The molecule has 1 saturated carbocycles. The van der Waals surface area contributed by atoms with E-state index in [0.29, 0.717) is 5.56 Å². The summed E-state index contributed by atoms with van der Waals surface area (Å²) in [6.45, 7) is 2.70. The van der Waals surface area contributed by atoms with Gasteiger partial charge in [-0.3, -0.25) is 24.2 Å². The van der Waals surface area contributed by atoms with Crippen molar-refractivity contribution in [3.8, 4) is 5.75 Å². The average Bonchev–Trinajstić information content (AvgIpc) is 2.97. The van der Waals surface area contributed by atoms with E-state index in [1.54, 1.807) is 20.2 Å². The van der Waals surface area contributed by atoms with Gasteiger partial charge in [-0.2, -0.15) is 0 Å². The molecule has 2 fully saturated rings. The van der Waals surface area contributed by atoms with Crippen LogP contribution in [0.5, 0.6) is 5.75 Å². The number of carbonyl (C=O) groups excluding carboxylic acids is 3. The number of anilines is 1. The average molecular weight is 603 g/mol. The smallest absolute Gasteiger partial charge is 0.255 e. The van der Waals surface area contributed by atoms with Crippen molar-refractivity contribution in [3.63, 3.8) is 0 Å². The fourth-order valence-corrected chi connectivity index (χ4v) is 7.68. The molecule has 1 heterocycles. The first-order valence-corrected chi connectivity index (χ1v) is 15.0. The van der Waals surface area contributed by atoms with Crippen molar-refractivity contribution in [1.82, 2.24) is 9.80 Å². The minimum Gasteiger partial charge on any atom is -0.508 e. The lowest BCUT2D eigenvalue weighted by molar-refractivity contribution is -0.153. The van der Waals surface area contributed by atoms with E-state index < -0.39 is 58.0 Å². The Kier molecular flexibility index (Phi) is 7.51. The number of benzene rings is 2. The van der Waals surface area contributed by atoms with E-state index in [2.05, 4.69) is 22.3 Å². The molecule has 7 N–H and O–H groups in total. The zero-order chi connectivity index (χ0) is 31.5. The van der Waals surface area contributed by atoms with Gasteiger partial charge in [-0.25, -0.2) is 0 Å². The van der Waals surface area contributed by atoms with Crippen LogP contribution in [0.1, 0.15) is 36.0 Å². The second-order valence-corrected chi connectivity index (χ2v) is 12.6. The molecule has 44 heavy (non-hydrogen) atoms. The molecule has 6 rings (SSSR count). The van der Waals surface area contributed by atoms with Gasteiger partial charge in [0.15, 0.2) is 11.4 Å². The van der Waals surface area contributed by atoms with Crippen LogP contribution in [0.4, 0.5) is 5.69 Å². The molecule has 0 unspecified atom stereocenters. The molecule has 4 atom stereocenters. The number of aliphatic hydroxyl groups is 3. The van der Waals surface area contributed by atoms with E-state index in [-0.39, 0.29) is 35.8 Å². The highest BCUT2D eigenvalue weighted by atomic mass is 16.3. The van der Waals surface area contributed by atoms with Crippen molar-refractivity contribution in [2.45, 2.75) is 49.9 Å². The fraction of sp³-hybridized carbons (Fsp3) is 0.424. The van der Waals surface area contributed by atoms with E-state index in [4.69, 9.17) is 5.73 Å². The number of primary amides is 1. The number of likely N-dealkylation sites (N-methyl/N-ethyl adjacent to an activating group) is 1. The Morgan fingerprint density at radius 3 is 2.39 bits per heavy atom. The molecule has 3 aliphatic carbocycles. The lowest BCUT2D eigenvalue weighted by atomic mass is 9.57. The summed E-state index contributed by atoms with van der Waals surface area (Å²) in [6, 6.07) is 12.6. The number of Topliss-reactive ketones (excluding diaryl/α,β-unsaturated/α-hetero) is 2. The number of aromatic hydroxyl groups is 1. The maximum Gasteiger partial charge on any atom is 0.255 e. The number of hydrogen-bond acceptors (Lipinski definition) is 10. The molecule has 0 spiro atoms. The van der Waals surface area contributed by atoms with E-state index in [1.165, 1.54) is 16.5 Å². The number of hydrogen-bond donors (Lipinski definition) is 6. The number of nitrogens with one attached hydrogen (secondary N) is 1. The predicted octanol–water partition coefficient (Wildman–Crippen LogP) is 2.04. The molecular formula is C33H38N4O7. The highest BCUT2D eigenvalue weighted by Crippen LogP contribution is 2.53. The van der Waals surface area contributed by atoms with Crippen LogP contribution in [-0.2, 0) is 27.3 Å². The molecule has 2 aromatic rings. The third-order valence-electron chi connectivity index (χ3n) is 9.80. The number of aliphatic hydroxyl groups excluding tert-OH is 2. The monoisotopic (exact) mass is 602 g/mol. The van der Waals surface area contributed by atoms with Crippen molar-refractivity contribution >= 4 is 28.9 Å². The molecule has 1 aliphatic heterocycles. The van der Waals surface area contributed by atoms with E-state index >= 15 is 0 Å². The molecule has 1 saturated heterocycles. The number of likely N-dealkylation sites (tertiary alicyclic amines) is 1. The predicted molar refractivity (Wildman–Crippen MR) is 163 cm³/mol. The van der Waals surface area contributed by atoms with Crippen LogP contribution >= 0.6 is 0 Å². The van der Waals surface area contributed by atoms with Crippen molar-refractivity contribution < 1.29 is 34.8 Å². The Balaban J connectivity index is 1.31. The Bertz CT molecular complexity index is 1590. The summed E-state index contributed by atoms with van der Waals surface area (Å²) in [6.07, 6.45) is 2.09. The van der Waals surface area contributed by atoms with Gasteiger partial charge in [-0.1, -0.05) is 30.3 Å². The normalized spacial score (nSPS) is 27.7. The minimum atomic E-state index is -2.65. The van der Waals surface area contributed by atoms with Gasteiger partial charge in [-0.05, 0) is 69.0 Å². The van der Waals surface area contributed by atoms with Gasteiger partial charge in [0.25, 0.3) is 5.91 Å². The van der Waals surface area contributed by atoms with Gasteiger partial charge in [0.05, 0.1) is 11.6 Å². The van der Waals surface area contributed by atoms with Crippen LogP contribution in [0.25, 0.3) is 5.76 Å². The van der Waals surface area contributed by atoms with Gasteiger partial charge in [0.2, 0.25) is 5.78 Å². The number of nitrogens with two attached hydrogens (primary N) is 1. The Labute approximate surface area is 255 Å². The summed E-state index contributed by atoms with van der Waals surface area (Å²) in [5.41, 5.74) is 4.50. The molecule has 0 radical (unpaired) electrons. The van der Waals surface area contributed by atoms with Crippen LogP contribution < -0.4 is 11.1 Å². The first kappa shape index (κ1) is 29.9. The van der Waals surface area contributed by atoms with Crippen LogP contribution in [0.3, 0.4) is 0 Å². The standard InChI is InChI=1S/C33H38N4O7/c1-36(2)27-21-15-18-14-20-22(35-19-10-12-37(13-11-19)16-17-6-4-3-5-7-17)8-9-23(38)25(20)28(39)24(18)30(41)33(21,44)31(42)26(29(27)40)32(34)43/h3-9,18-19,21,27,35,38-39,42,44H,10-16H2,1-2H3,(H2,34,43)/t18-,21-,27-,33-/m1/s1. The largest absolute Gasteiger partial charge is 0.508 e. The number of rotatable bonds is 6. The number of ketones is 2. The van der Waals surface area contributed by atoms with Crippen molar-refractivity contribution in [2.75, 3.05) is 32.5 Å². The highest BCUT2D eigenvalue weighted by Gasteiger charge is 2.64. The van der Waals surface area contributed by atoms with E-state index in [0.717, 1.165) is 38.2 Å². The summed E-state index contributed by atoms with van der Waals surface area (Å²) in [5, 5.41) is 48.7. The second-order valence-electron chi connectivity index (χ2n) is 12.6. The lowest BCUT2D eigenvalue weighted by Gasteiger charge is -2.50. The quantitative estimate of drug-likeness (QED) is 0.212. The third-order valence-corrected chi connectivity index (χ3v) is 9.80. The zero-order valence-electron chi connectivity index (χ0n) is 24.8. The second kappa shape index (κ2) is 11.1. The molecule has 11 nitrogen and oxygen atoms in total. The molecule has 0 aromatic heterocycles. The summed E-state index contributed by atoms with van der Waals surface area (Å²) >= 11 is 0. The summed E-state index contributed by atoms with van der Waals surface area (Å²) < 4.78 is 0. The number of carbonyl (C=O) groups is 3. The van der Waals surface area contributed by atoms with Gasteiger partial charge < -0.3 is 31.5 Å². The third kappa shape index (κ3) is 4.66. The lowest BCUT2D eigenvalue weighted by Crippen LogP contribution is -2.65. The number of phenolic OH excluding ortho intramolecular Hbond substituents is 1. The number of phenols is 1. The van der Waals surface area contributed by atoms with Crippen LogP contribution in [0.2, 0.25) is 0 Å². The maximum atomic E-state index is 14.0. The van der Waals surface area contributed by atoms with Crippen LogP contribution in [0.15, 0.2) is 59.4 Å². The molecule has 1 amide bonds. The van der Waals surface area contributed by atoms with Gasteiger partial charge >= 0.3 is 0 Å². The summed E-state index contributed by atoms with van der Waals surface area (Å²) in [5.74, 6) is -6.57. The SMILES string of the molecule is CN(C)[C@H]1C(=O)C(C(N)=O)=C(O)[C@]2(O)C(=O)C3=C(O)c4c(O)ccc(NC5CCN(Cc6ccccc6)CC5)c4C[C@@H]3C[C@H]12.